The Kier molecular flexibility index (Phi) is 4.33. The molecule has 1 aliphatic rings. The number of amides is 2. The van der Waals surface area contributed by atoms with Gasteiger partial charge < -0.3 is 11.1 Å². The molecule has 0 radical (unpaired) electrons. The number of hydrogen-bond donors (Lipinski definition) is 3. The number of imide groups is 1. The van der Waals surface area contributed by atoms with Crippen molar-refractivity contribution in [3.63, 3.8) is 0 Å². The molecule has 20 heavy (non-hydrogen) atoms. The summed E-state index contributed by atoms with van der Waals surface area (Å²) in [6, 6.07) is 4.07. The second-order valence-electron chi connectivity index (χ2n) is 4.32. The van der Waals surface area contributed by atoms with Crippen molar-refractivity contribution < 1.29 is 14.0 Å². The highest BCUT2D eigenvalue weighted by Crippen LogP contribution is 2.20. The van der Waals surface area contributed by atoms with Gasteiger partial charge in [0.05, 0.1) is 17.8 Å². The molecule has 6 heteroatoms. The van der Waals surface area contributed by atoms with Gasteiger partial charge >= 0.3 is 0 Å². The van der Waals surface area contributed by atoms with Gasteiger partial charge in [0.2, 0.25) is 11.8 Å². The van der Waals surface area contributed by atoms with Gasteiger partial charge in [0.15, 0.2) is 5.82 Å². The van der Waals surface area contributed by atoms with Crippen molar-refractivity contribution in [3.8, 4) is 11.8 Å². The smallest absolute Gasteiger partial charge is 0.249 e. The maximum Gasteiger partial charge on any atom is 0.249 e. The van der Waals surface area contributed by atoms with Gasteiger partial charge in [0, 0.05) is 6.42 Å². The van der Waals surface area contributed by atoms with Crippen LogP contribution in [0.3, 0.4) is 0 Å². The van der Waals surface area contributed by atoms with E-state index in [9.17, 15) is 14.0 Å². The summed E-state index contributed by atoms with van der Waals surface area (Å²) in [6.07, 6.45) is 0.570. The number of hydrogen-bond acceptors (Lipinski definition) is 4. The van der Waals surface area contributed by atoms with Crippen LogP contribution in [0, 0.1) is 17.7 Å². The molecular weight excluding hydrogens is 261 g/mol. The van der Waals surface area contributed by atoms with Crippen molar-refractivity contribution in [2.45, 2.75) is 18.9 Å². The number of carbonyl (C=O) groups is 2. The van der Waals surface area contributed by atoms with E-state index in [1.54, 1.807) is 6.07 Å². The summed E-state index contributed by atoms with van der Waals surface area (Å²) >= 11 is 0. The van der Waals surface area contributed by atoms with Crippen molar-refractivity contribution in [3.05, 3.63) is 29.6 Å². The van der Waals surface area contributed by atoms with E-state index in [4.69, 9.17) is 5.73 Å². The molecule has 5 nitrogen and oxygen atoms in total. The van der Waals surface area contributed by atoms with Crippen molar-refractivity contribution in [1.29, 1.82) is 0 Å². The standard InChI is InChI=1S/C14H14FN3O2/c15-13-9(4-2-8-16)3-1-5-10(13)17-11-6-7-12(19)18-14(11)20/h1,3,5,11,17H,6-8,16H2,(H,18,19,20). The first-order valence-electron chi connectivity index (χ1n) is 6.19. The molecular formula is C14H14FN3O2. The van der Waals surface area contributed by atoms with Gasteiger partial charge in [-0.25, -0.2) is 4.39 Å². The van der Waals surface area contributed by atoms with Gasteiger partial charge in [-0.15, -0.1) is 0 Å². The summed E-state index contributed by atoms with van der Waals surface area (Å²) in [6.45, 7) is 0.143. The minimum absolute atomic E-state index is 0.143. The molecule has 104 valence electrons. The van der Waals surface area contributed by atoms with Crippen LogP contribution in [0.1, 0.15) is 18.4 Å². The lowest BCUT2D eigenvalue weighted by molar-refractivity contribution is -0.133. The fourth-order valence-corrected chi connectivity index (χ4v) is 1.91. The molecule has 1 unspecified atom stereocenters. The quantitative estimate of drug-likeness (QED) is 0.537. The lowest BCUT2D eigenvalue weighted by Crippen LogP contribution is -2.47. The van der Waals surface area contributed by atoms with E-state index in [-0.39, 0.29) is 30.1 Å². The predicted octanol–water partition coefficient (Wildman–Crippen LogP) is 0.353. The number of piperidine rings is 1. The predicted molar refractivity (Wildman–Crippen MR) is 72.1 cm³/mol. The molecule has 1 saturated heterocycles. The first kappa shape index (κ1) is 14.0. The summed E-state index contributed by atoms with van der Waals surface area (Å²) in [7, 11) is 0. The molecule has 2 rings (SSSR count). The molecule has 2 amide bonds. The zero-order valence-electron chi connectivity index (χ0n) is 10.7. The van der Waals surface area contributed by atoms with Gasteiger partial charge in [-0.3, -0.25) is 14.9 Å². The summed E-state index contributed by atoms with van der Waals surface area (Å²) in [5.74, 6) is 3.92. The van der Waals surface area contributed by atoms with E-state index >= 15 is 0 Å². The van der Waals surface area contributed by atoms with Crippen LogP contribution in [0.2, 0.25) is 0 Å². The topological polar surface area (TPSA) is 84.2 Å². The van der Waals surface area contributed by atoms with Crippen LogP contribution in [0.15, 0.2) is 18.2 Å². The molecule has 0 bridgehead atoms. The largest absolute Gasteiger partial charge is 0.371 e. The first-order chi connectivity index (χ1) is 9.61. The molecule has 0 saturated carbocycles. The van der Waals surface area contributed by atoms with Gasteiger partial charge in [-0.2, -0.15) is 0 Å². The molecule has 1 heterocycles. The Hall–Kier alpha value is -2.39. The lowest BCUT2D eigenvalue weighted by atomic mass is 10.1. The number of carbonyl (C=O) groups excluding carboxylic acids is 2. The molecule has 1 atom stereocenters. The molecule has 0 spiro atoms. The van der Waals surface area contributed by atoms with Crippen LogP contribution in [-0.4, -0.2) is 24.4 Å². The van der Waals surface area contributed by atoms with E-state index in [1.165, 1.54) is 12.1 Å². The van der Waals surface area contributed by atoms with Crippen molar-refractivity contribution >= 4 is 17.5 Å². The Morgan fingerprint density at radius 1 is 1.45 bits per heavy atom. The molecule has 4 N–H and O–H groups in total. The Morgan fingerprint density at radius 2 is 2.25 bits per heavy atom. The van der Waals surface area contributed by atoms with E-state index < -0.39 is 17.8 Å². The highest BCUT2D eigenvalue weighted by molar-refractivity contribution is 6.01. The van der Waals surface area contributed by atoms with Crippen LogP contribution in [0.4, 0.5) is 10.1 Å². The number of nitrogens with two attached hydrogens (primary N) is 1. The molecule has 0 aromatic heterocycles. The second-order valence-corrected chi connectivity index (χ2v) is 4.32. The summed E-state index contributed by atoms with van der Waals surface area (Å²) in [5.41, 5.74) is 5.65. The van der Waals surface area contributed by atoms with E-state index in [1.807, 2.05) is 0 Å². The van der Waals surface area contributed by atoms with E-state index in [0.29, 0.717) is 6.42 Å². The molecule has 1 aliphatic heterocycles. The number of anilines is 1. The Morgan fingerprint density at radius 3 is 2.95 bits per heavy atom. The highest BCUT2D eigenvalue weighted by atomic mass is 19.1. The first-order valence-corrected chi connectivity index (χ1v) is 6.19. The van der Waals surface area contributed by atoms with Crippen LogP contribution in [0.25, 0.3) is 0 Å². The summed E-state index contributed by atoms with van der Waals surface area (Å²) in [4.78, 5) is 22.7. The number of rotatable bonds is 2. The fraction of sp³-hybridized carbons (Fsp3) is 0.286. The number of nitrogens with one attached hydrogen (secondary N) is 2. The minimum Gasteiger partial charge on any atom is -0.371 e. The average molecular weight is 275 g/mol. The van der Waals surface area contributed by atoms with Crippen LogP contribution < -0.4 is 16.4 Å². The van der Waals surface area contributed by atoms with Crippen molar-refractivity contribution in [2.24, 2.45) is 5.73 Å². The molecule has 1 fully saturated rings. The zero-order chi connectivity index (χ0) is 14.5. The Balaban J connectivity index is 2.17. The third-order valence-corrected chi connectivity index (χ3v) is 2.89. The Labute approximate surface area is 115 Å². The maximum absolute atomic E-state index is 14.2. The summed E-state index contributed by atoms with van der Waals surface area (Å²) < 4.78 is 14.2. The van der Waals surface area contributed by atoms with Crippen molar-refractivity contribution in [1.82, 2.24) is 5.32 Å². The fourth-order valence-electron chi connectivity index (χ4n) is 1.91. The lowest BCUT2D eigenvalue weighted by Gasteiger charge is -2.23. The highest BCUT2D eigenvalue weighted by Gasteiger charge is 2.27. The van der Waals surface area contributed by atoms with E-state index in [0.717, 1.165) is 0 Å². The van der Waals surface area contributed by atoms with Gasteiger partial charge in [-0.1, -0.05) is 17.9 Å². The second kappa shape index (κ2) is 6.17. The van der Waals surface area contributed by atoms with Crippen molar-refractivity contribution in [2.75, 3.05) is 11.9 Å². The molecule has 0 aliphatic carbocycles. The number of benzene rings is 1. The SMILES string of the molecule is NCC#Cc1cccc(NC2CCC(=O)NC2=O)c1F. The molecule has 1 aromatic rings. The van der Waals surface area contributed by atoms with Crippen LogP contribution in [-0.2, 0) is 9.59 Å². The minimum atomic E-state index is -0.625. The number of halogens is 1. The maximum atomic E-state index is 14.2. The van der Waals surface area contributed by atoms with Gasteiger partial charge in [0.25, 0.3) is 0 Å². The zero-order valence-corrected chi connectivity index (χ0v) is 10.7. The average Bonchev–Trinajstić information content (AvgIpc) is 2.42. The normalized spacial score (nSPS) is 18.0. The van der Waals surface area contributed by atoms with Crippen LogP contribution >= 0.6 is 0 Å². The van der Waals surface area contributed by atoms with Crippen LogP contribution in [0.5, 0.6) is 0 Å². The van der Waals surface area contributed by atoms with Gasteiger partial charge in [-0.05, 0) is 18.6 Å². The third-order valence-electron chi connectivity index (χ3n) is 2.89. The molecule has 1 aromatic carbocycles. The Bertz CT molecular complexity index is 604. The summed E-state index contributed by atoms with van der Waals surface area (Å²) in [5, 5.41) is 5.01. The van der Waals surface area contributed by atoms with Gasteiger partial charge in [0.1, 0.15) is 6.04 Å². The van der Waals surface area contributed by atoms with E-state index in [2.05, 4.69) is 22.5 Å². The monoisotopic (exact) mass is 275 g/mol. The third kappa shape index (κ3) is 3.13.